The topological polar surface area (TPSA) is 38.0 Å². The third-order valence-electron chi connectivity index (χ3n) is 2.34. The Morgan fingerprint density at radius 1 is 1.44 bits per heavy atom. The Hall–Kier alpha value is -0.840. The molecule has 1 aromatic heterocycles. The number of nitrogens with zero attached hydrogens (tertiary/aromatic N) is 2. The van der Waals surface area contributed by atoms with Gasteiger partial charge in [-0.05, 0) is 29.8 Å². The van der Waals surface area contributed by atoms with Crippen LogP contribution >= 0.6 is 27.5 Å². The van der Waals surface area contributed by atoms with Gasteiger partial charge in [-0.15, -0.1) is 0 Å². The number of hydrogen-bond acceptors (Lipinski definition) is 2. The minimum absolute atomic E-state index is 0.589. The maximum atomic E-state index is 10.2. The predicted molar refractivity (Wildman–Crippen MR) is 66.4 cm³/mol. The van der Waals surface area contributed by atoms with Crippen molar-refractivity contribution in [2.75, 3.05) is 0 Å². The van der Waals surface area contributed by atoms with E-state index in [2.05, 4.69) is 21.0 Å². The van der Waals surface area contributed by atoms with Crippen LogP contribution in [0.1, 0.15) is 17.4 Å². The quantitative estimate of drug-likeness (QED) is 0.926. The SMILES string of the molecule is Cn1nccc1C(O)c1cc(Cl)cc(Br)c1. The fourth-order valence-corrected chi connectivity index (χ4v) is 2.44. The highest BCUT2D eigenvalue weighted by molar-refractivity contribution is 9.10. The molecule has 0 aliphatic carbocycles. The molecular weight excluding hydrogens is 291 g/mol. The summed E-state index contributed by atoms with van der Waals surface area (Å²) in [5, 5.41) is 14.8. The minimum Gasteiger partial charge on any atom is -0.382 e. The van der Waals surface area contributed by atoms with Gasteiger partial charge in [0.25, 0.3) is 0 Å². The number of aliphatic hydroxyl groups is 1. The smallest absolute Gasteiger partial charge is 0.121 e. The van der Waals surface area contributed by atoms with Gasteiger partial charge in [0.05, 0.1) is 5.69 Å². The van der Waals surface area contributed by atoms with Crippen LogP contribution in [-0.2, 0) is 7.05 Å². The molecule has 2 rings (SSSR count). The average Bonchev–Trinajstić information content (AvgIpc) is 2.62. The molecule has 0 aliphatic rings. The van der Waals surface area contributed by atoms with Crippen LogP contribution in [0.15, 0.2) is 34.9 Å². The van der Waals surface area contributed by atoms with Gasteiger partial charge < -0.3 is 5.11 Å². The van der Waals surface area contributed by atoms with Crippen LogP contribution in [0.25, 0.3) is 0 Å². The first-order valence-corrected chi connectivity index (χ1v) is 5.87. The van der Waals surface area contributed by atoms with E-state index in [4.69, 9.17) is 11.6 Å². The van der Waals surface area contributed by atoms with Gasteiger partial charge in [0.1, 0.15) is 6.10 Å². The highest BCUT2D eigenvalue weighted by Gasteiger charge is 2.14. The van der Waals surface area contributed by atoms with Gasteiger partial charge in [0.15, 0.2) is 0 Å². The van der Waals surface area contributed by atoms with Gasteiger partial charge in [-0.25, -0.2) is 0 Å². The van der Waals surface area contributed by atoms with E-state index in [1.54, 1.807) is 36.1 Å². The van der Waals surface area contributed by atoms with Crippen molar-refractivity contribution in [3.8, 4) is 0 Å². The lowest BCUT2D eigenvalue weighted by Crippen LogP contribution is -2.06. The van der Waals surface area contributed by atoms with Crippen LogP contribution in [0, 0.1) is 0 Å². The van der Waals surface area contributed by atoms with E-state index in [0.717, 1.165) is 15.7 Å². The molecule has 0 amide bonds. The number of aryl methyl sites for hydroxylation is 1. The summed E-state index contributed by atoms with van der Waals surface area (Å²) in [4.78, 5) is 0. The Balaban J connectivity index is 2.41. The highest BCUT2D eigenvalue weighted by Crippen LogP contribution is 2.27. The Kier molecular flexibility index (Phi) is 3.33. The molecule has 5 heteroatoms. The number of hydrogen-bond donors (Lipinski definition) is 1. The number of aliphatic hydroxyl groups excluding tert-OH is 1. The van der Waals surface area contributed by atoms with E-state index < -0.39 is 6.10 Å². The molecule has 84 valence electrons. The summed E-state index contributed by atoms with van der Waals surface area (Å²) in [5.74, 6) is 0. The maximum Gasteiger partial charge on any atom is 0.121 e. The van der Waals surface area contributed by atoms with Crippen LogP contribution in [0.3, 0.4) is 0 Å². The molecule has 0 radical (unpaired) electrons. The molecule has 2 aromatic rings. The van der Waals surface area contributed by atoms with Gasteiger partial charge in [-0.3, -0.25) is 4.68 Å². The molecule has 0 spiro atoms. The van der Waals surface area contributed by atoms with Crippen molar-refractivity contribution < 1.29 is 5.11 Å². The van der Waals surface area contributed by atoms with Crippen LogP contribution in [-0.4, -0.2) is 14.9 Å². The zero-order chi connectivity index (χ0) is 11.7. The predicted octanol–water partition coefficient (Wildman–Crippen LogP) is 2.92. The lowest BCUT2D eigenvalue weighted by Gasteiger charge is -2.12. The van der Waals surface area contributed by atoms with Crippen molar-refractivity contribution in [3.05, 3.63) is 51.2 Å². The molecule has 1 unspecified atom stereocenters. The number of halogens is 2. The molecule has 0 fully saturated rings. The van der Waals surface area contributed by atoms with Crippen LogP contribution in [0.2, 0.25) is 5.02 Å². The first-order chi connectivity index (χ1) is 7.58. The van der Waals surface area contributed by atoms with Crippen LogP contribution in [0.4, 0.5) is 0 Å². The normalized spacial score (nSPS) is 12.8. The zero-order valence-electron chi connectivity index (χ0n) is 8.56. The lowest BCUT2D eigenvalue weighted by atomic mass is 10.1. The Bertz CT molecular complexity index is 492. The van der Waals surface area contributed by atoms with Crippen molar-refractivity contribution in [2.45, 2.75) is 6.10 Å². The van der Waals surface area contributed by atoms with E-state index in [9.17, 15) is 5.11 Å². The van der Waals surface area contributed by atoms with E-state index in [1.807, 2.05) is 6.07 Å². The molecular formula is C11H10BrClN2O. The van der Waals surface area contributed by atoms with Gasteiger partial charge in [0.2, 0.25) is 0 Å². The molecule has 3 nitrogen and oxygen atoms in total. The van der Waals surface area contributed by atoms with Gasteiger partial charge in [0, 0.05) is 22.7 Å². The second-order valence-electron chi connectivity index (χ2n) is 3.48. The molecule has 1 heterocycles. The Morgan fingerprint density at radius 2 is 2.19 bits per heavy atom. The second kappa shape index (κ2) is 4.57. The molecule has 0 saturated carbocycles. The summed E-state index contributed by atoms with van der Waals surface area (Å²) in [5.41, 5.74) is 1.47. The molecule has 1 N–H and O–H groups in total. The van der Waals surface area contributed by atoms with Crippen LogP contribution in [0.5, 0.6) is 0 Å². The molecule has 16 heavy (non-hydrogen) atoms. The minimum atomic E-state index is -0.720. The fourth-order valence-electron chi connectivity index (χ4n) is 1.56. The third kappa shape index (κ3) is 2.29. The molecule has 0 bridgehead atoms. The Labute approximate surface area is 107 Å². The molecule has 1 atom stereocenters. The summed E-state index contributed by atoms with van der Waals surface area (Å²) >= 11 is 9.28. The monoisotopic (exact) mass is 300 g/mol. The number of rotatable bonds is 2. The largest absolute Gasteiger partial charge is 0.382 e. The number of aromatic nitrogens is 2. The summed E-state index contributed by atoms with van der Waals surface area (Å²) in [6, 6.07) is 7.13. The van der Waals surface area contributed by atoms with Crippen molar-refractivity contribution in [2.24, 2.45) is 7.05 Å². The highest BCUT2D eigenvalue weighted by atomic mass is 79.9. The second-order valence-corrected chi connectivity index (χ2v) is 4.84. The van der Waals surface area contributed by atoms with E-state index in [1.165, 1.54) is 0 Å². The first kappa shape index (κ1) is 11.6. The van der Waals surface area contributed by atoms with Crippen molar-refractivity contribution in [1.82, 2.24) is 9.78 Å². The van der Waals surface area contributed by atoms with Gasteiger partial charge in [-0.2, -0.15) is 5.10 Å². The Morgan fingerprint density at radius 3 is 2.75 bits per heavy atom. The average molecular weight is 302 g/mol. The zero-order valence-corrected chi connectivity index (χ0v) is 10.9. The van der Waals surface area contributed by atoms with E-state index in [0.29, 0.717) is 5.02 Å². The van der Waals surface area contributed by atoms with Crippen molar-refractivity contribution in [1.29, 1.82) is 0 Å². The molecule has 0 aliphatic heterocycles. The summed E-state index contributed by atoms with van der Waals surface area (Å²) < 4.78 is 2.48. The standard InChI is InChI=1S/C11H10BrClN2O/c1-15-10(2-3-14-15)11(16)7-4-8(12)6-9(13)5-7/h2-6,11,16H,1H3. The first-order valence-electron chi connectivity index (χ1n) is 4.70. The van der Waals surface area contributed by atoms with Crippen molar-refractivity contribution >= 4 is 27.5 Å². The van der Waals surface area contributed by atoms with Crippen molar-refractivity contribution in [3.63, 3.8) is 0 Å². The fraction of sp³-hybridized carbons (Fsp3) is 0.182. The summed E-state index contributed by atoms with van der Waals surface area (Å²) in [6.07, 6.45) is 0.931. The van der Waals surface area contributed by atoms with Gasteiger partial charge >= 0.3 is 0 Å². The summed E-state index contributed by atoms with van der Waals surface area (Å²) in [7, 11) is 1.79. The van der Waals surface area contributed by atoms with Crippen LogP contribution < -0.4 is 0 Å². The molecule has 0 saturated heterocycles. The number of benzene rings is 1. The summed E-state index contributed by atoms with van der Waals surface area (Å²) in [6.45, 7) is 0. The third-order valence-corrected chi connectivity index (χ3v) is 3.02. The molecule has 1 aromatic carbocycles. The maximum absolute atomic E-state index is 10.2. The lowest BCUT2D eigenvalue weighted by molar-refractivity contribution is 0.209. The van der Waals surface area contributed by atoms with Gasteiger partial charge in [-0.1, -0.05) is 27.5 Å². The van der Waals surface area contributed by atoms with E-state index >= 15 is 0 Å². The van der Waals surface area contributed by atoms with E-state index in [-0.39, 0.29) is 0 Å².